The molecule has 0 aromatic carbocycles. The van der Waals surface area contributed by atoms with Crippen molar-refractivity contribution in [3.05, 3.63) is 12.7 Å². The Hall–Kier alpha value is -1.50. The van der Waals surface area contributed by atoms with Crippen LogP contribution in [0.2, 0.25) is 0 Å². The van der Waals surface area contributed by atoms with Gasteiger partial charge in [-0.1, -0.05) is 20.4 Å². The number of carbonyl (C=O) groups excluding carboxylic acids is 2. The summed E-state index contributed by atoms with van der Waals surface area (Å²) >= 11 is 7.27. The smallest absolute Gasteiger partial charge is 0.320 e. The van der Waals surface area contributed by atoms with Crippen LogP contribution in [-0.2, 0) is 9.53 Å². The molecule has 5 saturated heterocycles. The molecule has 0 radical (unpaired) electrons. The number of fused-ring (bicyclic) bond motifs is 5. The topological polar surface area (TPSA) is 101 Å². The first-order valence-electron chi connectivity index (χ1n) is 16.6. The van der Waals surface area contributed by atoms with E-state index in [1.54, 1.807) is 0 Å². The van der Waals surface area contributed by atoms with E-state index < -0.39 is 6.17 Å². The number of hydrogen-bond acceptors (Lipinski definition) is 7. The fourth-order valence-electron chi connectivity index (χ4n) is 9.12. The van der Waals surface area contributed by atoms with Crippen molar-refractivity contribution in [1.29, 1.82) is 0 Å². The first-order chi connectivity index (χ1) is 20.7. The van der Waals surface area contributed by atoms with E-state index in [4.69, 9.17) is 16.3 Å². The number of urea groups is 1. The molecule has 11 unspecified atom stereocenters. The van der Waals surface area contributed by atoms with Crippen molar-refractivity contribution >= 4 is 23.5 Å². The molecule has 0 aromatic rings. The van der Waals surface area contributed by atoms with Gasteiger partial charge in [-0.05, 0) is 57.6 Å². The second-order valence-corrected chi connectivity index (χ2v) is 14.5. The molecule has 6 fully saturated rings. The van der Waals surface area contributed by atoms with Gasteiger partial charge in [-0.3, -0.25) is 15.0 Å². The van der Waals surface area contributed by atoms with Crippen LogP contribution in [0.5, 0.6) is 0 Å². The molecular weight excluding hydrogens is 573 g/mol. The molecule has 5 aliphatic heterocycles. The highest BCUT2D eigenvalue weighted by Gasteiger charge is 2.57. The summed E-state index contributed by atoms with van der Waals surface area (Å²) in [6, 6.07) is -0.490. The number of piperidine rings is 2. The summed E-state index contributed by atoms with van der Waals surface area (Å²) < 4.78 is 22.4. The molecule has 242 valence electrons. The molecule has 0 aromatic heterocycles. The Labute approximate surface area is 260 Å². The molecule has 43 heavy (non-hydrogen) atoms. The van der Waals surface area contributed by atoms with Crippen LogP contribution >= 0.6 is 11.6 Å². The van der Waals surface area contributed by atoms with E-state index in [9.17, 15) is 9.59 Å². The highest BCUT2D eigenvalue weighted by atomic mass is 35.5. The number of halogens is 2. The second kappa shape index (κ2) is 13.1. The van der Waals surface area contributed by atoms with E-state index in [1.807, 2.05) is 9.80 Å². The minimum Gasteiger partial charge on any atom is -0.375 e. The van der Waals surface area contributed by atoms with Crippen LogP contribution in [0.4, 0.5) is 9.18 Å². The second-order valence-electron chi connectivity index (χ2n) is 13.9. The van der Waals surface area contributed by atoms with Gasteiger partial charge in [-0.25, -0.2) is 9.18 Å². The lowest BCUT2D eigenvalue weighted by molar-refractivity contribution is -0.132. The molecule has 6 aliphatic rings. The standard InChI is InChI=1S/C31H51ClFN7O3/c1-5-24(41)38-12-13-39(18(4)16-38)29-19-15-20(32)27-25-21(33)7-6-8-22(25)34-11-14-43-23-9-10-35-26(17(2)3)28(23)40(30(19)36-27)31(42)37-29/h5,17-23,25-30,34-36H,1,6-16H2,2-4H3,(H,37,42)/t18-,19?,20?,21?,22?,23?,25?,26?,27?,28?,29?,30?/m1/s1. The Kier molecular flexibility index (Phi) is 9.58. The number of alkyl halides is 2. The number of hydrogen-bond donors (Lipinski definition) is 4. The highest BCUT2D eigenvalue weighted by molar-refractivity contribution is 6.21. The summed E-state index contributed by atoms with van der Waals surface area (Å²) in [6.07, 6.45) is 3.46. The van der Waals surface area contributed by atoms with Gasteiger partial charge in [0.2, 0.25) is 5.91 Å². The normalized spacial score (nSPS) is 44.4. The van der Waals surface area contributed by atoms with E-state index in [1.165, 1.54) is 6.08 Å². The maximum atomic E-state index is 15.8. The number of carbonyl (C=O) groups is 2. The Morgan fingerprint density at radius 1 is 1.16 bits per heavy atom. The van der Waals surface area contributed by atoms with Crippen LogP contribution in [0.25, 0.3) is 0 Å². The SMILES string of the molecule is C=CC(=O)N1CCN(C2NC(=O)N3C4NC(C(Cl)CC42)C2C(F)CCCC2NCCOC2CCNC(C(C)C)C23)[C@H](C)C1. The highest BCUT2D eigenvalue weighted by Crippen LogP contribution is 2.42. The number of rotatable bonds is 3. The third-order valence-electron chi connectivity index (χ3n) is 11.1. The van der Waals surface area contributed by atoms with E-state index in [2.05, 4.69) is 53.5 Å². The minimum atomic E-state index is -0.963. The molecule has 10 nitrogen and oxygen atoms in total. The first kappa shape index (κ1) is 31.5. The molecule has 3 amide bonds. The zero-order valence-electron chi connectivity index (χ0n) is 25.9. The molecule has 12 atom stereocenters. The molecule has 1 aliphatic carbocycles. The van der Waals surface area contributed by atoms with Gasteiger partial charge in [0.15, 0.2) is 0 Å². The first-order valence-corrected chi connectivity index (χ1v) is 17.0. The lowest BCUT2D eigenvalue weighted by Gasteiger charge is -2.60. The Morgan fingerprint density at radius 2 is 1.98 bits per heavy atom. The molecule has 2 bridgehead atoms. The minimum absolute atomic E-state index is 0.00599. The van der Waals surface area contributed by atoms with Crippen molar-refractivity contribution in [2.75, 3.05) is 39.3 Å². The van der Waals surface area contributed by atoms with Crippen molar-refractivity contribution in [3.8, 4) is 0 Å². The van der Waals surface area contributed by atoms with Crippen molar-refractivity contribution < 1.29 is 18.7 Å². The summed E-state index contributed by atoms with van der Waals surface area (Å²) in [5, 5.41) is 14.3. The lowest BCUT2D eigenvalue weighted by Crippen LogP contribution is -2.80. The molecule has 5 heterocycles. The van der Waals surface area contributed by atoms with Crippen molar-refractivity contribution in [2.45, 2.75) is 113 Å². The monoisotopic (exact) mass is 623 g/mol. The summed E-state index contributed by atoms with van der Waals surface area (Å²) in [6.45, 7) is 13.9. The maximum absolute atomic E-state index is 15.8. The van der Waals surface area contributed by atoms with Crippen LogP contribution in [0.3, 0.4) is 0 Å². The van der Waals surface area contributed by atoms with Gasteiger partial charge in [0.05, 0.1) is 31.1 Å². The van der Waals surface area contributed by atoms with E-state index in [0.29, 0.717) is 45.6 Å². The summed E-state index contributed by atoms with van der Waals surface area (Å²) in [5.74, 6) is -0.109. The number of nitrogens with one attached hydrogen (secondary N) is 4. The third-order valence-corrected chi connectivity index (χ3v) is 11.6. The van der Waals surface area contributed by atoms with Gasteiger partial charge in [-0.15, -0.1) is 11.6 Å². The molecule has 4 N–H and O–H groups in total. The number of nitrogens with zero attached hydrogens (tertiary/aromatic N) is 3. The number of ether oxygens (including phenoxy) is 1. The van der Waals surface area contributed by atoms with Gasteiger partial charge in [0.1, 0.15) is 6.17 Å². The largest absolute Gasteiger partial charge is 0.375 e. The average molecular weight is 624 g/mol. The van der Waals surface area contributed by atoms with Crippen LogP contribution < -0.4 is 21.3 Å². The predicted octanol–water partition coefficient (Wildman–Crippen LogP) is 1.85. The molecule has 6 rings (SSSR count). The van der Waals surface area contributed by atoms with Gasteiger partial charge < -0.3 is 30.5 Å². The Morgan fingerprint density at radius 3 is 2.72 bits per heavy atom. The van der Waals surface area contributed by atoms with Gasteiger partial charge >= 0.3 is 6.03 Å². The van der Waals surface area contributed by atoms with E-state index in [-0.39, 0.29) is 83.7 Å². The average Bonchev–Trinajstić information content (AvgIpc) is 2.98. The third kappa shape index (κ3) is 5.94. The fraction of sp³-hybridized carbons (Fsp3) is 0.871. The summed E-state index contributed by atoms with van der Waals surface area (Å²) in [7, 11) is 0. The van der Waals surface area contributed by atoms with Crippen LogP contribution in [0, 0.1) is 17.8 Å². The Balaban J connectivity index is 1.37. The van der Waals surface area contributed by atoms with Crippen molar-refractivity contribution in [1.82, 2.24) is 36.0 Å². The quantitative estimate of drug-likeness (QED) is 0.281. The molecular formula is C31H51ClFN7O3. The fourth-order valence-corrected chi connectivity index (χ4v) is 9.56. The Bertz CT molecular complexity index is 1040. The van der Waals surface area contributed by atoms with E-state index >= 15 is 4.39 Å². The van der Waals surface area contributed by atoms with Crippen LogP contribution in [0.15, 0.2) is 12.7 Å². The maximum Gasteiger partial charge on any atom is 0.320 e. The van der Waals surface area contributed by atoms with Crippen molar-refractivity contribution in [2.24, 2.45) is 17.8 Å². The zero-order valence-corrected chi connectivity index (χ0v) is 26.6. The van der Waals surface area contributed by atoms with Gasteiger partial charge in [0.25, 0.3) is 0 Å². The predicted molar refractivity (Wildman–Crippen MR) is 164 cm³/mol. The molecule has 0 spiro atoms. The number of piperazine rings is 1. The zero-order chi connectivity index (χ0) is 30.4. The summed E-state index contributed by atoms with van der Waals surface area (Å²) in [5.41, 5.74) is 0. The lowest BCUT2D eigenvalue weighted by atomic mass is 9.72. The van der Waals surface area contributed by atoms with Gasteiger partial charge in [0, 0.05) is 67.6 Å². The van der Waals surface area contributed by atoms with Gasteiger partial charge in [-0.2, -0.15) is 0 Å². The number of amides is 3. The van der Waals surface area contributed by atoms with Crippen molar-refractivity contribution in [3.63, 3.8) is 0 Å². The molecule has 1 saturated carbocycles. The molecule has 12 heteroatoms. The van der Waals surface area contributed by atoms with Crippen LogP contribution in [-0.4, -0.2) is 126 Å². The van der Waals surface area contributed by atoms with Crippen LogP contribution in [0.1, 0.15) is 52.9 Å². The van der Waals surface area contributed by atoms with E-state index in [0.717, 1.165) is 25.8 Å². The summed E-state index contributed by atoms with van der Waals surface area (Å²) in [4.78, 5) is 33.0.